The maximum Gasteiger partial charge on any atom is 0.341 e. The van der Waals surface area contributed by atoms with Gasteiger partial charge in [0.1, 0.15) is 10.6 Å². The van der Waals surface area contributed by atoms with Crippen molar-refractivity contribution in [3.05, 3.63) is 28.0 Å². The fourth-order valence-electron chi connectivity index (χ4n) is 2.74. The first-order valence-corrected chi connectivity index (χ1v) is 8.66. The molecular formula is C15H18N2O2S2. The molecule has 1 saturated heterocycles. The molecule has 2 aromatic heterocycles. The molecule has 0 aromatic carbocycles. The van der Waals surface area contributed by atoms with Gasteiger partial charge in [-0.1, -0.05) is 6.07 Å². The van der Waals surface area contributed by atoms with Crippen LogP contribution in [0.1, 0.15) is 28.1 Å². The van der Waals surface area contributed by atoms with Gasteiger partial charge in [-0.25, -0.2) is 4.79 Å². The summed E-state index contributed by atoms with van der Waals surface area (Å²) < 4.78 is 4.92. The van der Waals surface area contributed by atoms with Crippen LogP contribution in [0.25, 0.3) is 10.4 Å². The number of thiophene rings is 2. The lowest BCUT2D eigenvalue weighted by atomic mass is 10.1. The summed E-state index contributed by atoms with van der Waals surface area (Å²) in [6.45, 7) is 3.10. The van der Waals surface area contributed by atoms with Crippen molar-refractivity contribution < 1.29 is 9.53 Å². The topological polar surface area (TPSA) is 55.6 Å². The number of carbonyl (C=O) groups excluding carboxylic acids is 1. The van der Waals surface area contributed by atoms with E-state index in [9.17, 15) is 4.79 Å². The van der Waals surface area contributed by atoms with Crippen molar-refractivity contribution in [3.63, 3.8) is 0 Å². The molecule has 1 aliphatic rings. The molecule has 0 unspecified atom stereocenters. The fraction of sp³-hybridized carbons (Fsp3) is 0.400. The molecule has 0 spiro atoms. The molecule has 0 atom stereocenters. The maximum absolute atomic E-state index is 12.1. The number of nitrogens with two attached hydrogens (primary N) is 1. The van der Waals surface area contributed by atoms with E-state index in [1.165, 1.54) is 31.3 Å². The number of carbonyl (C=O) groups is 1. The summed E-state index contributed by atoms with van der Waals surface area (Å²) in [5.74, 6) is -0.347. The normalized spacial score (nSPS) is 15.5. The number of esters is 1. The monoisotopic (exact) mass is 322 g/mol. The van der Waals surface area contributed by atoms with Crippen LogP contribution >= 0.6 is 22.7 Å². The molecule has 0 saturated carbocycles. The average molecular weight is 322 g/mol. The summed E-state index contributed by atoms with van der Waals surface area (Å²) in [6.07, 6.45) is 2.50. The van der Waals surface area contributed by atoms with Crippen molar-refractivity contribution in [1.82, 2.24) is 4.90 Å². The maximum atomic E-state index is 12.1. The molecule has 0 amide bonds. The first-order valence-electron chi connectivity index (χ1n) is 6.96. The van der Waals surface area contributed by atoms with Gasteiger partial charge in [0.05, 0.1) is 7.11 Å². The molecule has 3 rings (SSSR count). The van der Waals surface area contributed by atoms with Crippen LogP contribution in [0.4, 0.5) is 5.00 Å². The number of rotatable bonds is 4. The number of hydrogen-bond donors (Lipinski definition) is 1. The Morgan fingerprint density at radius 1 is 1.43 bits per heavy atom. The van der Waals surface area contributed by atoms with E-state index < -0.39 is 0 Å². The summed E-state index contributed by atoms with van der Waals surface area (Å²) in [5.41, 5.74) is 7.59. The first kappa shape index (κ1) is 14.6. The Balaban J connectivity index is 2.04. The summed E-state index contributed by atoms with van der Waals surface area (Å²) >= 11 is 3.14. The van der Waals surface area contributed by atoms with E-state index in [0.717, 1.165) is 35.0 Å². The van der Waals surface area contributed by atoms with Crippen molar-refractivity contribution in [3.8, 4) is 10.4 Å². The third-order valence-electron chi connectivity index (χ3n) is 3.73. The van der Waals surface area contributed by atoms with E-state index in [0.29, 0.717) is 10.6 Å². The zero-order valence-corrected chi connectivity index (χ0v) is 13.6. The van der Waals surface area contributed by atoms with E-state index >= 15 is 0 Å². The van der Waals surface area contributed by atoms with Crippen LogP contribution < -0.4 is 5.73 Å². The number of anilines is 1. The summed E-state index contributed by atoms with van der Waals surface area (Å²) in [7, 11) is 1.40. The number of hydrogen-bond acceptors (Lipinski definition) is 6. The highest BCUT2D eigenvalue weighted by molar-refractivity contribution is 7.18. The Bertz CT molecular complexity index is 628. The zero-order valence-electron chi connectivity index (χ0n) is 11.9. The third-order valence-corrected chi connectivity index (χ3v) is 5.62. The smallest absolute Gasteiger partial charge is 0.341 e. The SMILES string of the molecule is COC(=O)c1c(N)sc(CN2CCCC2)c1-c1cccs1. The molecule has 1 aliphatic heterocycles. The average Bonchev–Trinajstić information content (AvgIpc) is 3.19. The molecule has 0 bridgehead atoms. The van der Waals surface area contributed by atoms with Gasteiger partial charge in [0, 0.05) is 21.9 Å². The fourth-order valence-corrected chi connectivity index (χ4v) is 4.72. The minimum absolute atomic E-state index is 0.347. The van der Waals surface area contributed by atoms with Gasteiger partial charge in [-0.2, -0.15) is 0 Å². The Labute approximate surface area is 132 Å². The van der Waals surface area contributed by atoms with Crippen molar-refractivity contribution in [2.75, 3.05) is 25.9 Å². The molecule has 2 aromatic rings. The Kier molecular flexibility index (Phi) is 4.28. The number of methoxy groups -OCH3 is 1. The predicted molar refractivity (Wildman–Crippen MR) is 87.9 cm³/mol. The first-order chi connectivity index (χ1) is 10.2. The Morgan fingerprint density at radius 2 is 2.19 bits per heavy atom. The Morgan fingerprint density at radius 3 is 2.81 bits per heavy atom. The lowest BCUT2D eigenvalue weighted by Crippen LogP contribution is -2.18. The molecule has 4 nitrogen and oxygen atoms in total. The number of likely N-dealkylation sites (tertiary alicyclic amines) is 1. The summed E-state index contributed by atoms with van der Waals surface area (Å²) in [4.78, 5) is 16.8. The lowest BCUT2D eigenvalue weighted by molar-refractivity contribution is 0.0603. The van der Waals surface area contributed by atoms with E-state index in [2.05, 4.69) is 4.90 Å². The van der Waals surface area contributed by atoms with E-state index in [-0.39, 0.29) is 5.97 Å². The second-order valence-electron chi connectivity index (χ2n) is 5.09. The molecule has 21 heavy (non-hydrogen) atoms. The number of nitrogen functional groups attached to an aromatic ring is 1. The Hall–Kier alpha value is -1.37. The van der Waals surface area contributed by atoms with Crippen molar-refractivity contribution in [2.24, 2.45) is 0 Å². The molecule has 3 heterocycles. The molecule has 6 heteroatoms. The molecule has 112 valence electrons. The molecule has 2 N–H and O–H groups in total. The van der Waals surface area contributed by atoms with E-state index in [4.69, 9.17) is 10.5 Å². The third kappa shape index (κ3) is 2.84. The van der Waals surface area contributed by atoms with Gasteiger partial charge < -0.3 is 10.5 Å². The van der Waals surface area contributed by atoms with E-state index in [1.807, 2.05) is 17.5 Å². The molecule has 0 radical (unpaired) electrons. The molecular weight excluding hydrogens is 304 g/mol. The minimum Gasteiger partial charge on any atom is -0.465 e. The quantitative estimate of drug-likeness (QED) is 0.876. The van der Waals surface area contributed by atoms with Crippen LogP contribution in [0.5, 0.6) is 0 Å². The predicted octanol–water partition coefficient (Wildman–Crippen LogP) is 3.44. The van der Waals surface area contributed by atoms with Crippen LogP contribution in [0.15, 0.2) is 17.5 Å². The lowest BCUT2D eigenvalue weighted by Gasteiger charge is -2.14. The zero-order chi connectivity index (χ0) is 14.8. The highest BCUT2D eigenvalue weighted by atomic mass is 32.1. The van der Waals surface area contributed by atoms with Gasteiger partial charge in [-0.3, -0.25) is 4.90 Å². The van der Waals surface area contributed by atoms with Crippen LogP contribution in [0, 0.1) is 0 Å². The van der Waals surface area contributed by atoms with Crippen molar-refractivity contribution in [1.29, 1.82) is 0 Å². The molecule has 0 aliphatic carbocycles. The van der Waals surface area contributed by atoms with Crippen molar-refractivity contribution in [2.45, 2.75) is 19.4 Å². The largest absolute Gasteiger partial charge is 0.465 e. The summed E-state index contributed by atoms with van der Waals surface area (Å²) in [6, 6.07) is 4.03. The van der Waals surface area contributed by atoms with Gasteiger partial charge in [0.15, 0.2) is 0 Å². The van der Waals surface area contributed by atoms with E-state index in [1.54, 1.807) is 11.3 Å². The van der Waals surface area contributed by atoms with Gasteiger partial charge in [-0.05, 0) is 37.4 Å². The number of nitrogens with zero attached hydrogens (tertiary/aromatic N) is 1. The number of ether oxygens (including phenoxy) is 1. The molecule has 1 fully saturated rings. The standard InChI is InChI=1S/C15H18N2O2S2/c1-19-15(18)13-12(10-5-4-8-20-10)11(21-14(13)16)9-17-6-2-3-7-17/h4-5,8H,2-3,6-7,9,16H2,1H3. The van der Waals surface area contributed by atoms with Gasteiger partial charge in [0.2, 0.25) is 0 Å². The van der Waals surface area contributed by atoms with Crippen LogP contribution in [-0.4, -0.2) is 31.1 Å². The summed E-state index contributed by atoms with van der Waals surface area (Å²) in [5, 5.41) is 2.57. The minimum atomic E-state index is -0.347. The second-order valence-corrected chi connectivity index (χ2v) is 7.18. The van der Waals surface area contributed by atoms with Crippen LogP contribution in [-0.2, 0) is 11.3 Å². The van der Waals surface area contributed by atoms with Gasteiger partial charge in [-0.15, -0.1) is 22.7 Å². The van der Waals surface area contributed by atoms with Crippen LogP contribution in [0.3, 0.4) is 0 Å². The second kappa shape index (κ2) is 6.17. The van der Waals surface area contributed by atoms with Crippen molar-refractivity contribution >= 4 is 33.6 Å². The van der Waals surface area contributed by atoms with Crippen LogP contribution in [0.2, 0.25) is 0 Å². The van der Waals surface area contributed by atoms with Gasteiger partial charge >= 0.3 is 5.97 Å². The highest BCUT2D eigenvalue weighted by Gasteiger charge is 2.26. The van der Waals surface area contributed by atoms with Gasteiger partial charge in [0.25, 0.3) is 0 Å². The highest BCUT2D eigenvalue weighted by Crippen LogP contribution is 2.41.